The summed E-state index contributed by atoms with van der Waals surface area (Å²) in [5.74, 6) is 0. The van der Waals surface area contributed by atoms with Gasteiger partial charge in [0.2, 0.25) is 0 Å². The smallest absolute Gasteiger partial charge is 0.0167 e. The molecule has 1 atom stereocenters. The third-order valence-corrected chi connectivity index (χ3v) is 4.26. The molecule has 1 rings (SSSR count). The van der Waals surface area contributed by atoms with Gasteiger partial charge in [0.05, 0.1) is 0 Å². The Morgan fingerprint density at radius 1 is 1.19 bits per heavy atom. The van der Waals surface area contributed by atoms with E-state index < -0.39 is 0 Å². The maximum absolute atomic E-state index is 3.51. The minimum Gasteiger partial charge on any atom is -0.312 e. The summed E-state index contributed by atoms with van der Waals surface area (Å²) in [6.07, 6.45) is 3.95. The maximum atomic E-state index is 3.51. The summed E-state index contributed by atoms with van der Waals surface area (Å²) in [5.41, 5.74) is 0.567. The zero-order chi connectivity index (χ0) is 11.3. The first-order valence-corrected chi connectivity index (χ1v) is 6.61. The highest BCUT2D eigenvalue weighted by atomic mass is 35.5. The zero-order valence-electron chi connectivity index (χ0n) is 11.4. The van der Waals surface area contributed by atoms with Gasteiger partial charge in [-0.25, -0.2) is 0 Å². The molecule has 0 amide bonds. The molecule has 1 aliphatic heterocycles. The third-order valence-electron chi connectivity index (χ3n) is 4.26. The quantitative estimate of drug-likeness (QED) is 0.805. The molecular weight excluding hydrogens is 220 g/mol. The van der Waals surface area contributed by atoms with E-state index in [2.05, 4.69) is 37.9 Å². The molecule has 0 aliphatic carbocycles. The summed E-state index contributed by atoms with van der Waals surface area (Å²) in [5, 5.41) is 3.51. The normalized spacial score (nSPS) is 22.9. The molecule has 0 spiro atoms. The molecule has 16 heavy (non-hydrogen) atoms. The van der Waals surface area contributed by atoms with E-state index in [0.29, 0.717) is 11.5 Å². The maximum Gasteiger partial charge on any atom is 0.0167 e. The van der Waals surface area contributed by atoms with Gasteiger partial charge in [-0.1, -0.05) is 20.8 Å². The Balaban J connectivity index is 0.00000225. The standard InChI is InChI=1S/C13H28N2.ClH/c1-5-13(6-2,7-3)11-15-9-8-14-12(4)10-15;/h12,14H,5-11H2,1-4H3;1H/t12-;/m1./s1. The fourth-order valence-corrected chi connectivity index (χ4v) is 2.72. The van der Waals surface area contributed by atoms with Gasteiger partial charge < -0.3 is 5.32 Å². The van der Waals surface area contributed by atoms with Crippen molar-refractivity contribution in [1.82, 2.24) is 10.2 Å². The first kappa shape index (κ1) is 16.2. The minimum absolute atomic E-state index is 0. The largest absolute Gasteiger partial charge is 0.312 e. The SMILES string of the molecule is CCC(CC)(CC)CN1CCN[C@H](C)C1.Cl. The minimum atomic E-state index is 0. The van der Waals surface area contributed by atoms with Gasteiger partial charge in [-0.05, 0) is 31.6 Å². The van der Waals surface area contributed by atoms with E-state index in [1.807, 2.05) is 0 Å². The predicted octanol–water partition coefficient (Wildman–Crippen LogP) is 2.92. The van der Waals surface area contributed by atoms with Gasteiger partial charge in [0.25, 0.3) is 0 Å². The van der Waals surface area contributed by atoms with Crippen LogP contribution in [0.1, 0.15) is 47.0 Å². The number of rotatable bonds is 5. The van der Waals surface area contributed by atoms with Gasteiger partial charge in [0.15, 0.2) is 0 Å². The molecule has 1 aliphatic rings. The second kappa shape index (κ2) is 7.52. The molecular formula is C13H29ClN2. The van der Waals surface area contributed by atoms with Crippen LogP contribution in [0.3, 0.4) is 0 Å². The molecule has 0 unspecified atom stereocenters. The number of piperazine rings is 1. The second-order valence-electron chi connectivity index (χ2n) is 5.15. The summed E-state index contributed by atoms with van der Waals surface area (Å²) < 4.78 is 0. The van der Waals surface area contributed by atoms with Crippen molar-refractivity contribution < 1.29 is 0 Å². The van der Waals surface area contributed by atoms with Crippen LogP contribution in [-0.2, 0) is 0 Å². The van der Waals surface area contributed by atoms with Gasteiger partial charge in [-0.2, -0.15) is 0 Å². The summed E-state index contributed by atoms with van der Waals surface area (Å²) >= 11 is 0. The molecule has 1 saturated heterocycles. The summed E-state index contributed by atoms with van der Waals surface area (Å²) in [6, 6.07) is 0.669. The van der Waals surface area contributed by atoms with E-state index in [4.69, 9.17) is 0 Å². The Labute approximate surface area is 108 Å². The highest BCUT2D eigenvalue weighted by Gasteiger charge is 2.28. The summed E-state index contributed by atoms with van der Waals surface area (Å²) in [7, 11) is 0. The Morgan fingerprint density at radius 3 is 2.19 bits per heavy atom. The number of hydrogen-bond acceptors (Lipinski definition) is 2. The predicted molar refractivity (Wildman–Crippen MR) is 74.5 cm³/mol. The van der Waals surface area contributed by atoms with Gasteiger partial charge in [0.1, 0.15) is 0 Å². The van der Waals surface area contributed by atoms with Crippen LogP contribution in [0.2, 0.25) is 0 Å². The Hall–Kier alpha value is 0.210. The third kappa shape index (κ3) is 4.23. The van der Waals surface area contributed by atoms with Crippen molar-refractivity contribution in [3.8, 4) is 0 Å². The number of hydrogen-bond donors (Lipinski definition) is 1. The number of nitrogens with zero attached hydrogens (tertiary/aromatic N) is 1. The molecule has 0 radical (unpaired) electrons. The Morgan fingerprint density at radius 2 is 1.75 bits per heavy atom. The molecule has 0 aromatic carbocycles. The van der Waals surface area contributed by atoms with Crippen molar-refractivity contribution in [2.24, 2.45) is 5.41 Å². The lowest BCUT2D eigenvalue weighted by Crippen LogP contribution is -2.52. The molecule has 0 aromatic rings. The van der Waals surface area contributed by atoms with Crippen molar-refractivity contribution in [3.05, 3.63) is 0 Å². The van der Waals surface area contributed by atoms with Crippen molar-refractivity contribution in [3.63, 3.8) is 0 Å². The van der Waals surface area contributed by atoms with Crippen LogP contribution in [0.15, 0.2) is 0 Å². The lowest BCUT2D eigenvalue weighted by Gasteiger charge is -2.40. The number of nitrogens with one attached hydrogen (secondary N) is 1. The van der Waals surface area contributed by atoms with E-state index >= 15 is 0 Å². The second-order valence-corrected chi connectivity index (χ2v) is 5.15. The van der Waals surface area contributed by atoms with Gasteiger partial charge in [-0.3, -0.25) is 4.90 Å². The lowest BCUT2D eigenvalue weighted by atomic mass is 9.79. The highest BCUT2D eigenvalue weighted by Crippen LogP contribution is 2.31. The summed E-state index contributed by atoms with van der Waals surface area (Å²) in [4.78, 5) is 2.65. The van der Waals surface area contributed by atoms with E-state index in [9.17, 15) is 0 Å². The molecule has 1 heterocycles. The molecule has 0 bridgehead atoms. The summed E-state index contributed by atoms with van der Waals surface area (Å²) in [6.45, 7) is 14.2. The number of halogens is 1. The zero-order valence-corrected chi connectivity index (χ0v) is 12.2. The van der Waals surface area contributed by atoms with E-state index in [1.165, 1.54) is 38.9 Å². The van der Waals surface area contributed by atoms with Crippen molar-refractivity contribution in [1.29, 1.82) is 0 Å². The monoisotopic (exact) mass is 248 g/mol. The molecule has 1 N–H and O–H groups in total. The molecule has 3 heteroatoms. The van der Waals surface area contributed by atoms with E-state index in [1.54, 1.807) is 0 Å². The Bertz CT molecular complexity index is 173. The van der Waals surface area contributed by atoms with E-state index in [-0.39, 0.29) is 12.4 Å². The molecule has 2 nitrogen and oxygen atoms in total. The molecule has 0 saturated carbocycles. The average Bonchev–Trinajstić information content (AvgIpc) is 2.26. The van der Waals surface area contributed by atoms with Crippen LogP contribution in [-0.4, -0.2) is 37.1 Å². The topological polar surface area (TPSA) is 15.3 Å². The Kier molecular flexibility index (Phi) is 7.62. The molecule has 1 fully saturated rings. The molecule has 0 aromatic heterocycles. The van der Waals surface area contributed by atoms with Crippen molar-refractivity contribution in [2.45, 2.75) is 53.0 Å². The first-order valence-electron chi connectivity index (χ1n) is 6.61. The van der Waals surface area contributed by atoms with E-state index in [0.717, 1.165) is 6.54 Å². The van der Waals surface area contributed by atoms with Crippen LogP contribution < -0.4 is 5.32 Å². The van der Waals surface area contributed by atoms with Gasteiger partial charge in [-0.15, -0.1) is 12.4 Å². The van der Waals surface area contributed by atoms with Crippen LogP contribution in [0.25, 0.3) is 0 Å². The molecule has 98 valence electrons. The van der Waals surface area contributed by atoms with Crippen LogP contribution in [0, 0.1) is 5.41 Å². The van der Waals surface area contributed by atoms with Crippen molar-refractivity contribution in [2.75, 3.05) is 26.2 Å². The average molecular weight is 249 g/mol. The lowest BCUT2D eigenvalue weighted by molar-refractivity contribution is 0.108. The van der Waals surface area contributed by atoms with Crippen LogP contribution in [0.4, 0.5) is 0 Å². The van der Waals surface area contributed by atoms with Crippen LogP contribution in [0.5, 0.6) is 0 Å². The van der Waals surface area contributed by atoms with Crippen LogP contribution >= 0.6 is 12.4 Å². The van der Waals surface area contributed by atoms with Crippen molar-refractivity contribution >= 4 is 12.4 Å². The van der Waals surface area contributed by atoms with Gasteiger partial charge in [0, 0.05) is 32.2 Å². The fourth-order valence-electron chi connectivity index (χ4n) is 2.72. The fraction of sp³-hybridized carbons (Fsp3) is 1.00. The first-order chi connectivity index (χ1) is 7.15. The highest BCUT2D eigenvalue weighted by molar-refractivity contribution is 5.85. The van der Waals surface area contributed by atoms with Gasteiger partial charge >= 0.3 is 0 Å².